The van der Waals surface area contributed by atoms with Crippen LogP contribution in [0.2, 0.25) is 0 Å². The summed E-state index contributed by atoms with van der Waals surface area (Å²) in [5.41, 5.74) is 2.80. The van der Waals surface area contributed by atoms with Gasteiger partial charge in [-0.3, -0.25) is 9.78 Å². The maximum Gasteiger partial charge on any atom is 0.259 e. The second-order valence-electron chi connectivity index (χ2n) is 9.76. The molecule has 6 rings (SSSR count). The van der Waals surface area contributed by atoms with Crippen molar-refractivity contribution in [2.45, 2.75) is 48.5 Å². The molecule has 0 unspecified atom stereocenters. The lowest BCUT2D eigenvalue weighted by atomic mass is 10.1. The first kappa shape index (κ1) is 25.4. The standard InChI is InChI=1S/C27H23F2N5O4S/c1-15-13-38-14-18-3-2-16(8-24(18)39(15,36)37)26(35)32-12-19-9-23-17(11-31-19)4-5-21(33-23)22-6-7-30-25(34-22)20-10-27(20,28)29/h2-9,11,15,20H,10,12-14H2,1H3,(H,32,35)/t15-,20+/m0/s1. The Labute approximate surface area is 222 Å². The van der Waals surface area contributed by atoms with Crippen molar-refractivity contribution >= 4 is 26.6 Å². The molecule has 1 N–H and O–H groups in total. The van der Waals surface area contributed by atoms with E-state index in [9.17, 15) is 22.0 Å². The van der Waals surface area contributed by atoms with Gasteiger partial charge in [-0.05, 0) is 48.9 Å². The van der Waals surface area contributed by atoms with Crippen LogP contribution >= 0.6 is 0 Å². The number of aromatic nitrogens is 4. The summed E-state index contributed by atoms with van der Waals surface area (Å²) in [7, 11) is -3.61. The molecule has 1 saturated carbocycles. The summed E-state index contributed by atoms with van der Waals surface area (Å²) in [5.74, 6) is -4.07. The van der Waals surface area contributed by atoms with Crippen LogP contribution in [0.25, 0.3) is 22.3 Å². The van der Waals surface area contributed by atoms with E-state index in [1.165, 1.54) is 12.3 Å². The highest BCUT2D eigenvalue weighted by Crippen LogP contribution is 2.54. The van der Waals surface area contributed by atoms with Crippen LogP contribution in [0.15, 0.2) is 59.8 Å². The van der Waals surface area contributed by atoms with Gasteiger partial charge in [0.05, 0.1) is 58.4 Å². The Kier molecular flexibility index (Phi) is 6.11. The molecule has 1 amide bonds. The summed E-state index contributed by atoms with van der Waals surface area (Å²) in [6.45, 7) is 1.92. The van der Waals surface area contributed by atoms with E-state index < -0.39 is 32.8 Å². The number of benzene rings is 1. The molecule has 2 aliphatic rings. The average molecular weight is 552 g/mol. The van der Waals surface area contributed by atoms with Gasteiger partial charge < -0.3 is 10.1 Å². The summed E-state index contributed by atoms with van der Waals surface area (Å²) in [4.78, 5) is 30.3. The predicted molar refractivity (Wildman–Crippen MR) is 137 cm³/mol. The summed E-state index contributed by atoms with van der Waals surface area (Å²) in [6, 6.07) is 11.4. The van der Waals surface area contributed by atoms with Crippen LogP contribution in [0.4, 0.5) is 8.78 Å². The lowest BCUT2D eigenvalue weighted by molar-refractivity contribution is 0.0949. The fourth-order valence-corrected chi connectivity index (χ4v) is 5.96. The van der Waals surface area contributed by atoms with Gasteiger partial charge in [-0.25, -0.2) is 32.2 Å². The van der Waals surface area contributed by atoms with Crippen molar-refractivity contribution in [1.82, 2.24) is 25.3 Å². The largest absolute Gasteiger partial charge is 0.375 e. The average Bonchev–Trinajstić information content (AvgIpc) is 3.60. The van der Waals surface area contributed by atoms with Crippen molar-refractivity contribution in [2.75, 3.05) is 6.61 Å². The third-order valence-electron chi connectivity index (χ3n) is 6.91. The summed E-state index contributed by atoms with van der Waals surface area (Å²) >= 11 is 0. The van der Waals surface area contributed by atoms with Crippen molar-refractivity contribution < 1.29 is 26.7 Å². The van der Waals surface area contributed by atoms with Gasteiger partial charge in [0.2, 0.25) is 0 Å². The van der Waals surface area contributed by atoms with Crippen LogP contribution in [0.3, 0.4) is 0 Å². The van der Waals surface area contributed by atoms with Crippen molar-refractivity contribution in [3.05, 3.63) is 77.5 Å². The van der Waals surface area contributed by atoms with E-state index in [4.69, 9.17) is 4.74 Å². The number of halogens is 2. The number of hydrogen-bond donors (Lipinski definition) is 1. The summed E-state index contributed by atoms with van der Waals surface area (Å²) in [6.07, 6.45) is 2.82. The number of carbonyl (C=O) groups excluding carboxylic acids is 1. The maximum atomic E-state index is 13.5. The van der Waals surface area contributed by atoms with E-state index in [-0.39, 0.29) is 42.5 Å². The lowest BCUT2D eigenvalue weighted by Gasteiger charge is -2.12. The zero-order chi connectivity index (χ0) is 27.4. The van der Waals surface area contributed by atoms with E-state index >= 15 is 0 Å². The third-order valence-corrected chi connectivity index (χ3v) is 9.10. The summed E-state index contributed by atoms with van der Waals surface area (Å²) in [5, 5.41) is 2.82. The number of fused-ring (bicyclic) bond motifs is 2. The molecule has 200 valence electrons. The Hall–Kier alpha value is -3.90. The monoisotopic (exact) mass is 551 g/mol. The maximum absolute atomic E-state index is 13.5. The minimum atomic E-state index is -3.61. The number of amides is 1. The number of carbonyl (C=O) groups is 1. The highest BCUT2D eigenvalue weighted by atomic mass is 32.2. The molecule has 0 spiro atoms. The molecule has 1 aromatic carbocycles. The Morgan fingerprint density at radius 1 is 1.10 bits per heavy atom. The first-order chi connectivity index (χ1) is 18.6. The number of pyridine rings is 2. The van der Waals surface area contributed by atoms with Crippen LogP contribution in [0, 0.1) is 0 Å². The van der Waals surface area contributed by atoms with E-state index in [2.05, 4.69) is 25.3 Å². The first-order valence-corrected chi connectivity index (χ1v) is 13.9. The normalized spacial score (nSPS) is 21.1. The fourth-order valence-electron chi connectivity index (χ4n) is 4.47. The van der Waals surface area contributed by atoms with Crippen LogP contribution < -0.4 is 5.32 Å². The SMILES string of the molecule is C[C@H]1COCc2ccc(C(=O)NCc3cc4nc(-c5ccnc([C@H]6CC6(F)F)n5)ccc4cn3)cc2S1(=O)=O. The number of rotatable bonds is 5. The van der Waals surface area contributed by atoms with Gasteiger partial charge >= 0.3 is 0 Å². The van der Waals surface area contributed by atoms with Gasteiger partial charge in [0.15, 0.2) is 9.84 Å². The number of nitrogens with one attached hydrogen (secondary N) is 1. The molecule has 2 atom stereocenters. The number of alkyl halides is 2. The van der Waals surface area contributed by atoms with Crippen molar-refractivity contribution in [1.29, 1.82) is 0 Å². The zero-order valence-electron chi connectivity index (χ0n) is 20.8. The number of nitrogens with zero attached hydrogens (tertiary/aromatic N) is 4. The Bertz CT molecular complexity index is 1730. The van der Waals surface area contributed by atoms with Crippen molar-refractivity contribution in [2.24, 2.45) is 0 Å². The van der Waals surface area contributed by atoms with Crippen LogP contribution in [0.5, 0.6) is 0 Å². The van der Waals surface area contributed by atoms with Crippen LogP contribution in [-0.2, 0) is 27.7 Å². The van der Waals surface area contributed by atoms with Gasteiger partial charge in [-0.1, -0.05) is 6.07 Å². The van der Waals surface area contributed by atoms with E-state index in [1.807, 2.05) is 0 Å². The molecule has 4 aromatic rings. The van der Waals surface area contributed by atoms with Gasteiger partial charge in [0.1, 0.15) is 5.82 Å². The van der Waals surface area contributed by atoms with E-state index in [0.717, 1.165) is 5.39 Å². The molecule has 1 aliphatic carbocycles. The van der Waals surface area contributed by atoms with Gasteiger partial charge in [-0.2, -0.15) is 0 Å². The van der Waals surface area contributed by atoms with Crippen molar-refractivity contribution in [3.8, 4) is 11.4 Å². The van der Waals surface area contributed by atoms with Gasteiger partial charge in [0, 0.05) is 29.8 Å². The minimum absolute atomic E-state index is 0.0818. The van der Waals surface area contributed by atoms with Crippen LogP contribution in [-0.4, -0.2) is 52.0 Å². The topological polar surface area (TPSA) is 124 Å². The Morgan fingerprint density at radius 3 is 2.69 bits per heavy atom. The van der Waals surface area contributed by atoms with E-state index in [1.54, 1.807) is 49.5 Å². The molecule has 39 heavy (non-hydrogen) atoms. The molecule has 4 heterocycles. The molecule has 0 bridgehead atoms. The van der Waals surface area contributed by atoms with Crippen molar-refractivity contribution in [3.63, 3.8) is 0 Å². The molecule has 1 aliphatic heterocycles. The molecule has 0 radical (unpaired) electrons. The van der Waals surface area contributed by atoms with Crippen LogP contribution in [0.1, 0.15) is 46.7 Å². The molecule has 1 fully saturated rings. The Balaban J connectivity index is 1.20. The molecule has 9 nitrogen and oxygen atoms in total. The molecule has 0 saturated heterocycles. The quantitative estimate of drug-likeness (QED) is 0.397. The number of sulfone groups is 1. The molecule has 3 aromatic heterocycles. The minimum Gasteiger partial charge on any atom is -0.375 e. The molecular formula is C27H23F2N5O4S. The van der Waals surface area contributed by atoms with E-state index in [0.29, 0.717) is 28.2 Å². The number of ether oxygens (including phenoxy) is 1. The smallest absolute Gasteiger partial charge is 0.259 e. The van der Waals surface area contributed by atoms with Gasteiger partial charge in [0.25, 0.3) is 11.8 Å². The highest BCUT2D eigenvalue weighted by Gasteiger charge is 2.59. The third kappa shape index (κ3) is 4.85. The second kappa shape index (κ2) is 9.38. The lowest BCUT2D eigenvalue weighted by Crippen LogP contribution is -2.24. The first-order valence-electron chi connectivity index (χ1n) is 12.3. The predicted octanol–water partition coefficient (Wildman–Crippen LogP) is 3.83. The molecular weight excluding hydrogens is 528 g/mol. The fraction of sp³-hybridized carbons (Fsp3) is 0.296. The Morgan fingerprint density at radius 2 is 1.90 bits per heavy atom. The highest BCUT2D eigenvalue weighted by molar-refractivity contribution is 7.92. The van der Waals surface area contributed by atoms with Gasteiger partial charge in [-0.15, -0.1) is 0 Å². The summed E-state index contributed by atoms with van der Waals surface area (Å²) < 4.78 is 58.1. The molecule has 12 heteroatoms. The number of hydrogen-bond acceptors (Lipinski definition) is 8. The zero-order valence-corrected chi connectivity index (χ0v) is 21.6. The second-order valence-corrected chi connectivity index (χ2v) is 12.1.